The minimum atomic E-state index is -0.609. The van der Waals surface area contributed by atoms with E-state index >= 15 is 0 Å². The van der Waals surface area contributed by atoms with Crippen LogP contribution in [0.25, 0.3) is 5.88 Å². The second kappa shape index (κ2) is 5.62. The Labute approximate surface area is 127 Å². The standard InChI is InChI=1S/C17H12N2O3/c1-12-15(17(20)22-13-7-3-2-4-8-13)14(11-18)16(21-12)19-9-5-6-10-19/h2-10H,1H3. The molecule has 0 spiro atoms. The van der Waals surface area contributed by atoms with Crippen LogP contribution in [-0.2, 0) is 0 Å². The van der Waals surface area contributed by atoms with Gasteiger partial charge in [0.05, 0.1) is 0 Å². The summed E-state index contributed by atoms with van der Waals surface area (Å²) in [6.45, 7) is 1.63. The summed E-state index contributed by atoms with van der Waals surface area (Å²) in [6.07, 6.45) is 3.48. The smallest absolute Gasteiger partial charge is 0.348 e. The molecule has 0 atom stereocenters. The lowest BCUT2D eigenvalue weighted by Gasteiger charge is -2.03. The van der Waals surface area contributed by atoms with Gasteiger partial charge in [-0.2, -0.15) is 5.26 Å². The van der Waals surface area contributed by atoms with E-state index in [0.29, 0.717) is 17.4 Å². The van der Waals surface area contributed by atoms with Crippen molar-refractivity contribution in [1.29, 1.82) is 5.26 Å². The molecule has 0 saturated carbocycles. The number of nitrogens with zero attached hydrogens (tertiary/aromatic N) is 2. The van der Waals surface area contributed by atoms with Crippen molar-refractivity contribution in [2.24, 2.45) is 0 Å². The molecule has 0 N–H and O–H groups in total. The molecule has 108 valence electrons. The fourth-order valence-electron chi connectivity index (χ4n) is 2.18. The van der Waals surface area contributed by atoms with Crippen LogP contribution in [0.15, 0.2) is 59.3 Å². The molecule has 3 aromatic rings. The van der Waals surface area contributed by atoms with Crippen molar-refractivity contribution in [2.45, 2.75) is 6.92 Å². The Kier molecular flexibility index (Phi) is 3.50. The van der Waals surface area contributed by atoms with Gasteiger partial charge in [0.25, 0.3) is 0 Å². The lowest BCUT2D eigenvalue weighted by atomic mass is 10.1. The first-order valence-corrected chi connectivity index (χ1v) is 6.64. The van der Waals surface area contributed by atoms with Gasteiger partial charge in [-0.3, -0.25) is 4.57 Å². The first-order valence-electron chi connectivity index (χ1n) is 6.64. The maximum atomic E-state index is 12.4. The maximum absolute atomic E-state index is 12.4. The van der Waals surface area contributed by atoms with Crippen LogP contribution < -0.4 is 4.74 Å². The van der Waals surface area contributed by atoms with Gasteiger partial charge in [-0.05, 0) is 31.2 Å². The van der Waals surface area contributed by atoms with Gasteiger partial charge in [-0.1, -0.05) is 18.2 Å². The molecule has 0 fully saturated rings. The number of ether oxygens (including phenoxy) is 1. The van der Waals surface area contributed by atoms with E-state index in [1.165, 1.54) is 0 Å². The van der Waals surface area contributed by atoms with Gasteiger partial charge in [0.1, 0.15) is 28.7 Å². The molecule has 0 saturated heterocycles. The van der Waals surface area contributed by atoms with Crippen molar-refractivity contribution >= 4 is 5.97 Å². The molecule has 5 heteroatoms. The third-order valence-electron chi connectivity index (χ3n) is 3.17. The summed E-state index contributed by atoms with van der Waals surface area (Å²) >= 11 is 0. The van der Waals surface area contributed by atoms with Gasteiger partial charge in [0.2, 0.25) is 5.88 Å². The zero-order valence-corrected chi connectivity index (χ0v) is 11.8. The van der Waals surface area contributed by atoms with Crippen LogP contribution >= 0.6 is 0 Å². The molecule has 2 aromatic heterocycles. The second-order valence-electron chi connectivity index (χ2n) is 4.62. The highest BCUT2D eigenvalue weighted by Crippen LogP contribution is 2.26. The van der Waals surface area contributed by atoms with E-state index in [-0.39, 0.29) is 11.1 Å². The van der Waals surface area contributed by atoms with E-state index in [0.717, 1.165) is 0 Å². The van der Waals surface area contributed by atoms with Gasteiger partial charge in [-0.15, -0.1) is 0 Å². The number of aromatic nitrogens is 1. The number of para-hydroxylation sites is 1. The third kappa shape index (κ3) is 2.38. The van der Waals surface area contributed by atoms with E-state index < -0.39 is 5.97 Å². The lowest BCUT2D eigenvalue weighted by molar-refractivity contribution is 0.0732. The Morgan fingerprint density at radius 2 is 1.86 bits per heavy atom. The largest absolute Gasteiger partial charge is 0.443 e. The third-order valence-corrected chi connectivity index (χ3v) is 3.17. The molecule has 0 amide bonds. The number of carbonyl (C=O) groups is 1. The molecule has 0 bridgehead atoms. The maximum Gasteiger partial charge on any atom is 0.348 e. The minimum Gasteiger partial charge on any atom is -0.443 e. The molecule has 1 aromatic carbocycles. The van der Waals surface area contributed by atoms with E-state index in [1.54, 1.807) is 60.3 Å². The highest BCUT2D eigenvalue weighted by molar-refractivity contribution is 5.95. The van der Waals surface area contributed by atoms with Crippen molar-refractivity contribution in [2.75, 3.05) is 0 Å². The average molecular weight is 292 g/mol. The normalized spacial score (nSPS) is 10.2. The predicted molar refractivity (Wildman–Crippen MR) is 78.9 cm³/mol. The molecule has 22 heavy (non-hydrogen) atoms. The zero-order valence-electron chi connectivity index (χ0n) is 11.8. The number of hydrogen-bond donors (Lipinski definition) is 0. The van der Waals surface area contributed by atoms with Crippen LogP contribution in [0.2, 0.25) is 0 Å². The molecular formula is C17H12N2O3. The minimum absolute atomic E-state index is 0.148. The average Bonchev–Trinajstić information content (AvgIpc) is 3.15. The Bertz CT molecular complexity index is 840. The number of hydrogen-bond acceptors (Lipinski definition) is 4. The summed E-state index contributed by atoms with van der Waals surface area (Å²) in [4.78, 5) is 12.4. The first-order chi connectivity index (χ1) is 10.7. The first kappa shape index (κ1) is 13.7. The topological polar surface area (TPSA) is 68.2 Å². The van der Waals surface area contributed by atoms with Crippen LogP contribution in [0.3, 0.4) is 0 Å². The Hall–Kier alpha value is -3.26. The number of benzene rings is 1. The summed E-state index contributed by atoms with van der Waals surface area (Å²) in [5.74, 6) is 0.466. The van der Waals surface area contributed by atoms with Gasteiger partial charge in [-0.25, -0.2) is 4.79 Å². The Morgan fingerprint density at radius 3 is 2.50 bits per heavy atom. The molecule has 0 unspecified atom stereocenters. The molecule has 0 aliphatic rings. The number of rotatable bonds is 3. The van der Waals surface area contributed by atoms with Crippen LogP contribution in [-0.4, -0.2) is 10.5 Å². The molecule has 2 heterocycles. The highest BCUT2D eigenvalue weighted by atomic mass is 16.5. The van der Waals surface area contributed by atoms with E-state index in [1.807, 2.05) is 12.1 Å². The van der Waals surface area contributed by atoms with Crippen molar-refractivity contribution in [3.63, 3.8) is 0 Å². The van der Waals surface area contributed by atoms with Crippen LogP contribution in [0, 0.1) is 18.3 Å². The Balaban J connectivity index is 2.01. The van der Waals surface area contributed by atoms with Gasteiger partial charge < -0.3 is 9.15 Å². The van der Waals surface area contributed by atoms with Gasteiger partial charge in [0, 0.05) is 12.4 Å². The zero-order chi connectivity index (χ0) is 15.5. The summed E-state index contributed by atoms with van der Waals surface area (Å²) in [6, 6.07) is 14.3. The summed E-state index contributed by atoms with van der Waals surface area (Å²) < 4.78 is 12.5. The lowest BCUT2D eigenvalue weighted by Crippen LogP contribution is -2.10. The molecule has 0 aliphatic heterocycles. The van der Waals surface area contributed by atoms with Crippen molar-refractivity contribution in [3.8, 4) is 17.7 Å². The number of carbonyl (C=O) groups excluding carboxylic acids is 1. The van der Waals surface area contributed by atoms with E-state index in [9.17, 15) is 10.1 Å². The van der Waals surface area contributed by atoms with Crippen LogP contribution in [0.5, 0.6) is 5.75 Å². The number of furan rings is 1. The quantitative estimate of drug-likeness (QED) is 0.547. The number of nitriles is 1. The second-order valence-corrected chi connectivity index (χ2v) is 4.62. The number of aryl methyl sites for hydroxylation is 1. The van der Waals surface area contributed by atoms with Crippen LogP contribution in [0.1, 0.15) is 21.7 Å². The molecule has 0 aliphatic carbocycles. The van der Waals surface area contributed by atoms with Crippen LogP contribution in [0.4, 0.5) is 0 Å². The summed E-state index contributed by atoms with van der Waals surface area (Å²) in [5, 5.41) is 9.40. The molecule has 3 rings (SSSR count). The monoisotopic (exact) mass is 292 g/mol. The fraction of sp³-hybridized carbons (Fsp3) is 0.0588. The van der Waals surface area contributed by atoms with Crippen molar-refractivity contribution in [3.05, 3.63) is 71.7 Å². The van der Waals surface area contributed by atoms with E-state index in [4.69, 9.17) is 9.15 Å². The van der Waals surface area contributed by atoms with Crippen molar-refractivity contribution < 1.29 is 13.9 Å². The predicted octanol–water partition coefficient (Wildman–Crippen LogP) is 3.47. The van der Waals surface area contributed by atoms with Gasteiger partial charge in [0.15, 0.2) is 0 Å². The number of esters is 1. The van der Waals surface area contributed by atoms with Gasteiger partial charge >= 0.3 is 5.97 Å². The molecular weight excluding hydrogens is 280 g/mol. The SMILES string of the molecule is Cc1oc(-n2cccc2)c(C#N)c1C(=O)Oc1ccccc1. The van der Waals surface area contributed by atoms with Crippen molar-refractivity contribution in [1.82, 2.24) is 4.57 Å². The molecule has 0 radical (unpaired) electrons. The van der Waals surface area contributed by atoms with E-state index in [2.05, 4.69) is 0 Å². The fourth-order valence-corrected chi connectivity index (χ4v) is 2.18. The summed E-state index contributed by atoms with van der Waals surface area (Å²) in [5.41, 5.74) is 0.310. The molecule has 5 nitrogen and oxygen atoms in total. The Morgan fingerprint density at radius 1 is 1.18 bits per heavy atom. The highest BCUT2D eigenvalue weighted by Gasteiger charge is 2.26. The summed E-state index contributed by atoms with van der Waals surface area (Å²) in [7, 11) is 0.